The second-order valence-corrected chi connectivity index (χ2v) is 7.26. The first-order valence-corrected chi connectivity index (χ1v) is 9.24. The molecule has 0 saturated carbocycles. The molecule has 0 radical (unpaired) electrons. The molecule has 0 atom stereocenters. The third-order valence-electron chi connectivity index (χ3n) is 5.28. The van der Waals surface area contributed by atoms with Gasteiger partial charge in [0.2, 0.25) is 0 Å². The van der Waals surface area contributed by atoms with Crippen molar-refractivity contribution in [1.29, 1.82) is 0 Å². The highest BCUT2D eigenvalue weighted by atomic mass is 35.5. The third-order valence-corrected chi connectivity index (χ3v) is 5.28. The van der Waals surface area contributed by atoms with E-state index in [0.29, 0.717) is 32.2 Å². The molecule has 0 aromatic heterocycles. The van der Waals surface area contributed by atoms with Crippen LogP contribution in [0.15, 0.2) is 12.1 Å². The molecule has 2 fully saturated rings. The number of hydrogen-bond acceptors (Lipinski definition) is 3. The summed E-state index contributed by atoms with van der Waals surface area (Å²) in [7, 11) is 0. The van der Waals surface area contributed by atoms with Crippen molar-refractivity contribution in [2.45, 2.75) is 39.2 Å². The lowest BCUT2D eigenvalue weighted by molar-refractivity contribution is 0.0723. The van der Waals surface area contributed by atoms with E-state index in [1.54, 1.807) is 4.90 Å². The highest BCUT2D eigenvalue weighted by Gasteiger charge is 2.26. The average Bonchev–Trinajstić information content (AvgIpc) is 2.64. The maximum atomic E-state index is 14.4. The van der Waals surface area contributed by atoms with Crippen LogP contribution in [0.1, 0.15) is 43.5 Å². The van der Waals surface area contributed by atoms with Crippen molar-refractivity contribution >= 4 is 24.0 Å². The van der Waals surface area contributed by atoms with E-state index in [9.17, 15) is 13.6 Å². The van der Waals surface area contributed by atoms with Crippen molar-refractivity contribution in [2.75, 3.05) is 44.2 Å². The number of piperidine rings is 1. The molecule has 1 aromatic rings. The fourth-order valence-corrected chi connectivity index (χ4v) is 3.69. The SMILES string of the molecule is CC(C)N1CCN(c2cc(C(=O)N3CCCCC3)cc(F)c2F)CC1.Cl. The molecule has 3 rings (SSSR count). The van der Waals surface area contributed by atoms with Crippen LogP contribution in [0.5, 0.6) is 0 Å². The first-order valence-electron chi connectivity index (χ1n) is 9.24. The summed E-state index contributed by atoms with van der Waals surface area (Å²) in [5.74, 6) is -1.99. The van der Waals surface area contributed by atoms with Gasteiger partial charge in [-0.3, -0.25) is 9.69 Å². The molecule has 0 N–H and O–H groups in total. The van der Waals surface area contributed by atoms with Crippen molar-refractivity contribution in [1.82, 2.24) is 9.80 Å². The van der Waals surface area contributed by atoms with E-state index in [1.165, 1.54) is 6.07 Å². The Labute approximate surface area is 160 Å². The zero-order valence-corrected chi connectivity index (χ0v) is 16.3. The second kappa shape index (κ2) is 9.00. The number of anilines is 1. The third kappa shape index (κ3) is 4.46. The fraction of sp³-hybridized carbons (Fsp3) is 0.632. The smallest absolute Gasteiger partial charge is 0.254 e. The van der Waals surface area contributed by atoms with E-state index < -0.39 is 11.6 Å². The lowest BCUT2D eigenvalue weighted by Crippen LogP contribution is -2.49. The Kier molecular flexibility index (Phi) is 7.24. The number of carbonyl (C=O) groups is 1. The topological polar surface area (TPSA) is 26.8 Å². The first-order chi connectivity index (χ1) is 12.0. The number of nitrogens with zero attached hydrogens (tertiary/aromatic N) is 3. The summed E-state index contributed by atoms with van der Waals surface area (Å²) in [6.07, 6.45) is 3.06. The molecule has 0 bridgehead atoms. The van der Waals surface area contributed by atoms with Gasteiger partial charge >= 0.3 is 0 Å². The van der Waals surface area contributed by atoms with Crippen LogP contribution >= 0.6 is 12.4 Å². The van der Waals surface area contributed by atoms with Crippen LogP contribution in [-0.2, 0) is 0 Å². The molecular weight excluding hydrogens is 360 g/mol. The molecule has 26 heavy (non-hydrogen) atoms. The molecule has 0 spiro atoms. The summed E-state index contributed by atoms with van der Waals surface area (Å²) in [5, 5.41) is 0. The Morgan fingerprint density at radius 3 is 2.15 bits per heavy atom. The fourth-order valence-electron chi connectivity index (χ4n) is 3.69. The van der Waals surface area contributed by atoms with Gasteiger partial charge in [0.15, 0.2) is 11.6 Å². The van der Waals surface area contributed by atoms with E-state index >= 15 is 0 Å². The maximum absolute atomic E-state index is 14.4. The minimum Gasteiger partial charge on any atom is -0.366 e. The molecule has 146 valence electrons. The molecule has 1 aromatic carbocycles. The molecule has 4 nitrogen and oxygen atoms in total. The normalized spacial score (nSPS) is 18.8. The van der Waals surface area contributed by atoms with Gasteiger partial charge in [0.25, 0.3) is 5.91 Å². The Balaban J connectivity index is 0.00000243. The quantitative estimate of drug-likeness (QED) is 0.793. The van der Waals surface area contributed by atoms with E-state index in [2.05, 4.69) is 18.7 Å². The number of likely N-dealkylation sites (tertiary alicyclic amines) is 1. The van der Waals surface area contributed by atoms with Crippen LogP contribution in [0.25, 0.3) is 0 Å². The van der Waals surface area contributed by atoms with E-state index in [-0.39, 0.29) is 29.6 Å². The van der Waals surface area contributed by atoms with Gasteiger partial charge in [-0.15, -0.1) is 12.4 Å². The Hall–Kier alpha value is -1.40. The molecule has 7 heteroatoms. The molecule has 1 amide bonds. The van der Waals surface area contributed by atoms with Gasteiger partial charge in [-0.1, -0.05) is 0 Å². The number of amides is 1. The summed E-state index contributed by atoms with van der Waals surface area (Å²) >= 11 is 0. The van der Waals surface area contributed by atoms with Gasteiger partial charge in [-0.25, -0.2) is 8.78 Å². The van der Waals surface area contributed by atoms with E-state index in [0.717, 1.165) is 38.4 Å². The van der Waals surface area contributed by atoms with Crippen molar-refractivity contribution in [3.05, 3.63) is 29.3 Å². The largest absolute Gasteiger partial charge is 0.366 e. The average molecular weight is 388 g/mol. The number of halogens is 3. The summed E-state index contributed by atoms with van der Waals surface area (Å²) in [4.78, 5) is 18.6. The molecule has 2 aliphatic rings. The van der Waals surface area contributed by atoms with Gasteiger partial charge in [0.1, 0.15) is 0 Å². The van der Waals surface area contributed by atoms with Gasteiger partial charge in [0, 0.05) is 50.9 Å². The van der Waals surface area contributed by atoms with Crippen LogP contribution in [0.3, 0.4) is 0 Å². The minimum absolute atomic E-state index is 0. The van der Waals surface area contributed by atoms with Crippen molar-refractivity contribution in [3.8, 4) is 0 Å². The zero-order valence-electron chi connectivity index (χ0n) is 15.5. The predicted molar refractivity (Wildman–Crippen MR) is 102 cm³/mol. The minimum atomic E-state index is -0.941. The summed E-state index contributed by atoms with van der Waals surface area (Å²) < 4.78 is 28.5. The van der Waals surface area contributed by atoms with Gasteiger partial charge in [-0.05, 0) is 45.2 Å². The maximum Gasteiger partial charge on any atom is 0.254 e. The van der Waals surface area contributed by atoms with Crippen LogP contribution in [0.2, 0.25) is 0 Å². The summed E-state index contributed by atoms with van der Waals surface area (Å²) in [6.45, 7) is 8.54. The lowest BCUT2D eigenvalue weighted by atomic mass is 10.1. The Morgan fingerprint density at radius 1 is 0.962 bits per heavy atom. The van der Waals surface area contributed by atoms with Gasteiger partial charge in [-0.2, -0.15) is 0 Å². The van der Waals surface area contributed by atoms with E-state index in [4.69, 9.17) is 0 Å². The number of carbonyl (C=O) groups excluding carboxylic acids is 1. The number of hydrogen-bond donors (Lipinski definition) is 0. The molecule has 2 saturated heterocycles. The number of rotatable bonds is 3. The van der Waals surface area contributed by atoms with E-state index in [1.807, 2.05) is 4.90 Å². The van der Waals surface area contributed by atoms with Crippen molar-refractivity contribution in [3.63, 3.8) is 0 Å². The molecule has 0 aliphatic carbocycles. The Bertz CT molecular complexity index is 627. The molecule has 0 unspecified atom stereocenters. The zero-order chi connectivity index (χ0) is 18.0. The Morgan fingerprint density at radius 2 is 1.58 bits per heavy atom. The summed E-state index contributed by atoms with van der Waals surface area (Å²) in [6, 6.07) is 3.01. The standard InChI is InChI=1S/C19H27F2N3O.ClH/c1-14(2)22-8-10-23(11-9-22)17-13-15(12-16(20)18(17)21)19(25)24-6-4-3-5-7-24;/h12-14H,3-11H2,1-2H3;1H. The van der Waals surface area contributed by atoms with Crippen LogP contribution in [0.4, 0.5) is 14.5 Å². The monoisotopic (exact) mass is 387 g/mol. The summed E-state index contributed by atoms with van der Waals surface area (Å²) in [5.41, 5.74) is 0.464. The molecular formula is C19H28ClF2N3O. The highest BCUT2D eigenvalue weighted by molar-refractivity contribution is 5.95. The van der Waals surface area contributed by atoms with Crippen LogP contribution < -0.4 is 4.90 Å². The number of piperazine rings is 1. The van der Waals surface area contributed by atoms with Crippen LogP contribution in [-0.4, -0.2) is 61.0 Å². The van der Waals surface area contributed by atoms with Gasteiger partial charge < -0.3 is 9.80 Å². The molecule has 2 aliphatic heterocycles. The number of benzene rings is 1. The van der Waals surface area contributed by atoms with Gasteiger partial charge in [0.05, 0.1) is 5.69 Å². The molecule has 2 heterocycles. The highest BCUT2D eigenvalue weighted by Crippen LogP contribution is 2.26. The predicted octanol–water partition coefficient (Wildman–Crippen LogP) is 3.54. The first kappa shape index (κ1) is 20.9. The van der Waals surface area contributed by atoms with Crippen LogP contribution in [0, 0.1) is 11.6 Å². The lowest BCUT2D eigenvalue weighted by Gasteiger charge is -2.38. The van der Waals surface area contributed by atoms with Crippen molar-refractivity contribution < 1.29 is 13.6 Å². The van der Waals surface area contributed by atoms with Crippen molar-refractivity contribution in [2.24, 2.45) is 0 Å². The second-order valence-electron chi connectivity index (χ2n) is 7.26.